The van der Waals surface area contributed by atoms with Crippen molar-refractivity contribution in [3.63, 3.8) is 0 Å². The Morgan fingerprint density at radius 1 is 1.27 bits per heavy atom. The predicted octanol–water partition coefficient (Wildman–Crippen LogP) is 2.48. The zero-order valence-corrected chi connectivity index (χ0v) is 12.8. The molecule has 0 unspecified atom stereocenters. The second kappa shape index (κ2) is 6.30. The molecule has 1 aliphatic carbocycles. The Balaban J connectivity index is 2.02. The fourth-order valence-corrected chi connectivity index (χ4v) is 2.55. The molecule has 0 aliphatic heterocycles. The minimum Gasteiger partial charge on any atom is -0.348 e. The first-order valence-corrected chi connectivity index (χ1v) is 8.01. The number of hydrogen-bond donors (Lipinski definition) is 1. The van der Waals surface area contributed by atoms with Gasteiger partial charge in [0.15, 0.2) is 5.69 Å². The van der Waals surface area contributed by atoms with Gasteiger partial charge in [-0.1, -0.05) is 38.0 Å². The molecule has 1 amide bonds. The first kappa shape index (κ1) is 14.8. The summed E-state index contributed by atoms with van der Waals surface area (Å²) in [4.78, 5) is 24.9. The van der Waals surface area contributed by atoms with Crippen molar-refractivity contribution in [2.45, 2.75) is 51.6 Å². The van der Waals surface area contributed by atoms with Gasteiger partial charge in [-0.3, -0.25) is 9.59 Å². The maximum absolute atomic E-state index is 12.5. The molecule has 116 valence electrons. The summed E-state index contributed by atoms with van der Waals surface area (Å²) in [6.07, 6.45) is 5.08. The molecule has 3 rings (SSSR count). The number of fused-ring (bicyclic) bond motifs is 1. The minimum absolute atomic E-state index is 0.116. The Morgan fingerprint density at radius 3 is 2.68 bits per heavy atom. The number of benzene rings is 1. The van der Waals surface area contributed by atoms with Crippen LogP contribution in [0.15, 0.2) is 29.1 Å². The van der Waals surface area contributed by atoms with E-state index >= 15 is 0 Å². The molecule has 1 saturated carbocycles. The molecular weight excluding hydrogens is 278 g/mol. The topological polar surface area (TPSA) is 64.0 Å². The van der Waals surface area contributed by atoms with Crippen LogP contribution in [0.3, 0.4) is 0 Å². The molecule has 1 heterocycles. The Morgan fingerprint density at radius 2 is 2.00 bits per heavy atom. The number of carbonyl (C=O) groups is 1. The number of nitrogens with zero attached hydrogens (tertiary/aromatic N) is 2. The van der Waals surface area contributed by atoms with Crippen LogP contribution in [0.2, 0.25) is 0 Å². The zero-order valence-electron chi connectivity index (χ0n) is 12.8. The van der Waals surface area contributed by atoms with Crippen molar-refractivity contribution in [3.8, 4) is 0 Å². The maximum Gasteiger partial charge on any atom is 0.274 e. The second-order valence-corrected chi connectivity index (χ2v) is 5.88. The Bertz CT molecular complexity index is 747. The van der Waals surface area contributed by atoms with Crippen LogP contribution in [0.4, 0.5) is 0 Å². The van der Waals surface area contributed by atoms with Gasteiger partial charge >= 0.3 is 0 Å². The second-order valence-electron chi connectivity index (χ2n) is 5.88. The lowest BCUT2D eigenvalue weighted by Crippen LogP contribution is -2.31. The lowest BCUT2D eigenvalue weighted by molar-refractivity contribution is 0.0945. The molecule has 1 N–H and O–H groups in total. The number of unbranched alkanes of at least 4 members (excludes halogenated alkanes) is 2. The third-order valence-electron chi connectivity index (χ3n) is 3.97. The highest BCUT2D eigenvalue weighted by atomic mass is 16.2. The number of nitrogens with one attached hydrogen (secondary N) is 1. The molecule has 0 bridgehead atoms. The minimum atomic E-state index is -0.178. The van der Waals surface area contributed by atoms with E-state index in [0.717, 1.165) is 32.1 Å². The summed E-state index contributed by atoms with van der Waals surface area (Å²) < 4.78 is 1.44. The van der Waals surface area contributed by atoms with Gasteiger partial charge < -0.3 is 5.32 Å². The van der Waals surface area contributed by atoms with Crippen LogP contribution in [0.25, 0.3) is 10.8 Å². The van der Waals surface area contributed by atoms with E-state index in [1.165, 1.54) is 4.68 Å². The molecule has 5 nitrogen and oxygen atoms in total. The molecule has 22 heavy (non-hydrogen) atoms. The highest BCUT2D eigenvalue weighted by Crippen LogP contribution is 2.20. The van der Waals surface area contributed by atoms with E-state index in [-0.39, 0.29) is 17.5 Å². The van der Waals surface area contributed by atoms with Gasteiger partial charge in [-0.2, -0.15) is 5.10 Å². The van der Waals surface area contributed by atoms with Crippen molar-refractivity contribution in [3.05, 3.63) is 40.3 Å². The maximum atomic E-state index is 12.5. The summed E-state index contributed by atoms with van der Waals surface area (Å²) >= 11 is 0. The van der Waals surface area contributed by atoms with E-state index < -0.39 is 0 Å². The Labute approximate surface area is 129 Å². The fraction of sp³-hybridized carbons (Fsp3) is 0.471. The van der Waals surface area contributed by atoms with Crippen LogP contribution in [0.5, 0.6) is 0 Å². The van der Waals surface area contributed by atoms with Crippen molar-refractivity contribution in [1.29, 1.82) is 0 Å². The quantitative estimate of drug-likeness (QED) is 0.833. The summed E-state index contributed by atoms with van der Waals surface area (Å²) in [5, 5.41) is 8.51. The lowest BCUT2D eigenvalue weighted by atomic mass is 10.1. The van der Waals surface area contributed by atoms with Crippen molar-refractivity contribution < 1.29 is 4.79 Å². The van der Waals surface area contributed by atoms with Gasteiger partial charge in [-0.15, -0.1) is 0 Å². The predicted molar refractivity (Wildman–Crippen MR) is 86.0 cm³/mol. The highest BCUT2D eigenvalue weighted by Gasteiger charge is 2.26. The first-order valence-electron chi connectivity index (χ1n) is 8.01. The molecule has 0 radical (unpaired) electrons. The third kappa shape index (κ3) is 3.03. The van der Waals surface area contributed by atoms with Crippen LogP contribution in [-0.4, -0.2) is 21.7 Å². The van der Waals surface area contributed by atoms with Gasteiger partial charge in [-0.05, 0) is 25.3 Å². The monoisotopic (exact) mass is 299 g/mol. The number of carbonyl (C=O) groups excluding carboxylic acids is 1. The smallest absolute Gasteiger partial charge is 0.274 e. The lowest BCUT2D eigenvalue weighted by Gasteiger charge is -2.11. The van der Waals surface area contributed by atoms with Crippen LogP contribution in [-0.2, 0) is 6.54 Å². The van der Waals surface area contributed by atoms with E-state index in [1.807, 2.05) is 12.1 Å². The molecule has 1 fully saturated rings. The molecule has 0 saturated heterocycles. The van der Waals surface area contributed by atoms with Crippen LogP contribution in [0.1, 0.15) is 49.5 Å². The highest BCUT2D eigenvalue weighted by molar-refractivity contribution is 6.04. The van der Waals surface area contributed by atoms with E-state index in [1.54, 1.807) is 12.1 Å². The van der Waals surface area contributed by atoms with Crippen LogP contribution in [0, 0.1) is 0 Å². The van der Waals surface area contributed by atoms with Crippen molar-refractivity contribution in [2.24, 2.45) is 0 Å². The summed E-state index contributed by atoms with van der Waals surface area (Å²) in [6.45, 7) is 2.67. The molecule has 0 atom stereocenters. The van der Waals surface area contributed by atoms with Gasteiger partial charge in [0.2, 0.25) is 0 Å². The third-order valence-corrected chi connectivity index (χ3v) is 3.97. The number of rotatable bonds is 6. The SMILES string of the molecule is CCCCCn1nc(C(=O)NC2CC2)c2ccccc2c1=O. The average molecular weight is 299 g/mol. The molecule has 1 aliphatic rings. The zero-order chi connectivity index (χ0) is 15.5. The van der Waals surface area contributed by atoms with Gasteiger partial charge in [0.25, 0.3) is 11.5 Å². The number of aromatic nitrogens is 2. The summed E-state index contributed by atoms with van der Waals surface area (Å²) in [5.74, 6) is -0.178. The molecule has 1 aromatic heterocycles. The van der Waals surface area contributed by atoms with Crippen molar-refractivity contribution in [2.75, 3.05) is 0 Å². The van der Waals surface area contributed by atoms with Gasteiger partial charge in [0, 0.05) is 18.0 Å². The van der Waals surface area contributed by atoms with E-state index in [2.05, 4.69) is 17.3 Å². The van der Waals surface area contributed by atoms with Gasteiger partial charge in [0.05, 0.1) is 5.39 Å². The molecule has 5 heteroatoms. The van der Waals surface area contributed by atoms with Crippen LogP contribution < -0.4 is 10.9 Å². The van der Waals surface area contributed by atoms with E-state index in [4.69, 9.17) is 0 Å². The normalized spacial score (nSPS) is 14.2. The van der Waals surface area contributed by atoms with Gasteiger partial charge in [0.1, 0.15) is 0 Å². The summed E-state index contributed by atoms with van der Waals surface area (Å²) in [5.41, 5.74) is 0.244. The fourth-order valence-electron chi connectivity index (χ4n) is 2.55. The standard InChI is InChI=1S/C17H21N3O2/c1-2-3-6-11-20-17(22)14-8-5-4-7-13(14)15(19-20)16(21)18-12-9-10-12/h4-5,7-8,12H,2-3,6,9-11H2,1H3,(H,18,21). The summed E-state index contributed by atoms with van der Waals surface area (Å²) in [6, 6.07) is 7.49. The first-order chi connectivity index (χ1) is 10.7. The Kier molecular flexibility index (Phi) is 4.22. The number of hydrogen-bond acceptors (Lipinski definition) is 3. The number of amides is 1. The van der Waals surface area contributed by atoms with E-state index in [0.29, 0.717) is 23.0 Å². The largest absolute Gasteiger partial charge is 0.348 e. The summed E-state index contributed by atoms with van der Waals surface area (Å²) in [7, 11) is 0. The molecule has 0 spiro atoms. The Hall–Kier alpha value is -2.17. The molecular formula is C17H21N3O2. The van der Waals surface area contributed by atoms with Crippen LogP contribution >= 0.6 is 0 Å². The molecule has 1 aromatic carbocycles. The van der Waals surface area contributed by atoms with Crippen molar-refractivity contribution in [1.82, 2.24) is 15.1 Å². The average Bonchev–Trinajstić information content (AvgIpc) is 3.33. The number of aryl methyl sites for hydroxylation is 1. The van der Waals surface area contributed by atoms with E-state index in [9.17, 15) is 9.59 Å². The van der Waals surface area contributed by atoms with Crippen molar-refractivity contribution >= 4 is 16.7 Å². The van der Waals surface area contributed by atoms with Gasteiger partial charge in [-0.25, -0.2) is 4.68 Å². The molecule has 2 aromatic rings.